The summed E-state index contributed by atoms with van der Waals surface area (Å²) in [4.78, 5) is 42.9. The number of amides is 5. The van der Waals surface area contributed by atoms with Gasteiger partial charge >= 0.3 is 12.1 Å². The van der Waals surface area contributed by atoms with Crippen LogP contribution in [0.2, 0.25) is 0 Å². The lowest BCUT2D eigenvalue weighted by molar-refractivity contribution is 0.0371. The smallest absolute Gasteiger partial charge is 0.323 e. The van der Waals surface area contributed by atoms with Crippen LogP contribution >= 0.6 is 0 Å². The molecule has 0 unspecified atom stereocenters. The lowest BCUT2D eigenvalue weighted by Crippen LogP contribution is -2.50. The van der Waals surface area contributed by atoms with E-state index in [1.165, 1.54) is 0 Å². The highest BCUT2D eigenvalue weighted by atomic mass is 16.5. The average molecular weight is 596 g/mol. The summed E-state index contributed by atoms with van der Waals surface area (Å²) in [7, 11) is 1.69. The molecule has 0 fully saturated rings. The molecule has 5 amide bonds. The van der Waals surface area contributed by atoms with Crippen molar-refractivity contribution in [3.63, 3.8) is 0 Å². The van der Waals surface area contributed by atoms with E-state index in [9.17, 15) is 19.5 Å². The van der Waals surface area contributed by atoms with Crippen LogP contribution in [0.1, 0.15) is 24.2 Å². The van der Waals surface area contributed by atoms with Gasteiger partial charge in [0.25, 0.3) is 5.91 Å². The summed E-state index contributed by atoms with van der Waals surface area (Å²) in [6, 6.07) is 26.3. The van der Waals surface area contributed by atoms with Crippen molar-refractivity contribution in [1.29, 1.82) is 0 Å². The van der Waals surface area contributed by atoms with Gasteiger partial charge < -0.3 is 35.6 Å². The number of carbonyl (C=O) groups is 3. The lowest BCUT2D eigenvalue weighted by atomic mass is 9.99. The molecule has 0 aliphatic carbocycles. The fourth-order valence-corrected chi connectivity index (χ4v) is 5.23. The molecule has 3 atom stereocenters. The van der Waals surface area contributed by atoms with Crippen molar-refractivity contribution in [1.82, 2.24) is 9.80 Å². The van der Waals surface area contributed by atoms with Crippen molar-refractivity contribution in [2.24, 2.45) is 5.92 Å². The highest BCUT2D eigenvalue weighted by Gasteiger charge is 2.34. The van der Waals surface area contributed by atoms with Gasteiger partial charge in [0.2, 0.25) is 0 Å². The summed E-state index contributed by atoms with van der Waals surface area (Å²) >= 11 is 0. The van der Waals surface area contributed by atoms with Crippen LogP contribution in [0.5, 0.6) is 5.75 Å². The molecule has 0 saturated carbocycles. The fraction of sp³-hybridized carbons (Fsp3) is 0.265. The predicted octanol–water partition coefficient (Wildman–Crippen LogP) is 5.87. The van der Waals surface area contributed by atoms with E-state index in [0.29, 0.717) is 29.4 Å². The van der Waals surface area contributed by atoms with Gasteiger partial charge in [-0.15, -0.1) is 0 Å². The molecule has 0 saturated heterocycles. The summed E-state index contributed by atoms with van der Waals surface area (Å²) in [5.41, 5.74) is 1.99. The Morgan fingerprint density at radius 2 is 1.68 bits per heavy atom. The summed E-state index contributed by atoms with van der Waals surface area (Å²) in [6.07, 6.45) is -0.463. The molecule has 0 aromatic heterocycles. The molecule has 0 spiro atoms. The highest BCUT2D eigenvalue weighted by molar-refractivity contribution is 6.07. The molecule has 44 heavy (non-hydrogen) atoms. The zero-order valence-corrected chi connectivity index (χ0v) is 25.0. The number of rotatable bonds is 7. The molecule has 228 valence electrons. The zero-order chi connectivity index (χ0) is 31.2. The molecule has 0 bridgehead atoms. The molecule has 10 heteroatoms. The number of nitrogens with one attached hydrogen (secondary N) is 3. The molecule has 4 aromatic carbocycles. The molecule has 1 aliphatic heterocycles. The second-order valence-electron chi connectivity index (χ2n) is 11.1. The number of aliphatic hydroxyl groups excluding tert-OH is 1. The molecular weight excluding hydrogens is 558 g/mol. The Bertz CT molecular complexity index is 1640. The highest BCUT2D eigenvalue weighted by Crippen LogP contribution is 2.31. The molecule has 1 heterocycles. The van der Waals surface area contributed by atoms with Gasteiger partial charge in [0.1, 0.15) is 11.9 Å². The first-order valence-corrected chi connectivity index (χ1v) is 14.6. The monoisotopic (exact) mass is 595 g/mol. The van der Waals surface area contributed by atoms with Crippen LogP contribution in [0.4, 0.5) is 26.7 Å². The standard InChI is InChI=1S/C34H37N5O5/c1-22-19-39(23(2)21-40)32(41)28-18-26(35-33(42)37-29-15-9-11-24-10-7-8-14-27(24)29)16-17-30(28)44-31(22)20-38(3)34(43)36-25-12-5-4-6-13-25/h4-18,22-23,31,40H,19-21H2,1-3H3,(H,36,43)(H2,35,37,42)/t22-,23-,31-/m0/s1. The van der Waals surface area contributed by atoms with Crippen LogP contribution in [0.15, 0.2) is 91.0 Å². The van der Waals surface area contributed by atoms with Gasteiger partial charge in [-0.25, -0.2) is 9.59 Å². The van der Waals surface area contributed by atoms with Gasteiger partial charge in [-0.05, 0) is 48.7 Å². The normalized spacial score (nSPS) is 17.0. The minimum atomic E-state index is -0.463. The molecule has 4 aromatic rings. The number of fused-ring (bicyclic) bond motifs is 2. The number of carbonyl (C=O) groups excluding carboxylic acids is 3. The van der Waals surface area contributed by atoms with Crippen LogP contribution < -0.4 is 20.7 Å². The Hall–Kier alpha value is -5.09. The van der Waals surface area contributed by atoms with E-state index >= 15 is 0 Å². The third kappa shape index (κ3) is 6.92. The van der Waals surface area contributed by atoms with Gasteiger partial charge in [-0.3, -0.25) is 4.79 Å². The number of ether oxygens (including phenoxy) is 1. The molecule has 1 aliphatic rings. The Morgan fingerprint density at radius 1 is 0.955 bits per heavy atom. The van der Waals surface area contributed by atoms with E-state index in [1.807, 2.05) is 79.7 Å². The quantitative estimate of drug-likeness (QED) is 0.213. The molecular formula is C34H37N5O5. The Balaban J connectivity index is 1.36. The van der Waals surface area contributed by atoms with Gasteiger partial charge in [-0.1, -0.05) is 61.5 Å². The Kier molecular flexibility index (Phi) is 9.30. The first-order valence-electron chi connectivity index (χ1n) is 14.6. The first-order chi connectivity index (χ1) is 21.2. The fourth-order valence-electron chi connectivity index (χ4n) is 5.23. The molecule has 5 rings (SSSR count). The number of hydrogen-bond acceptors (Lipinski definition) is 5. The topological polar surface area (TPSA) is 123 Å². The van der Waals surface area contributed by atoms with E-state index in [0.717, 1.165) is 10.8 Å². The van der Waals surface area contributed by atoms with Crippen molar-refractivity contribution < 1.29 is 24.2 Å². The summed E-state index contributed by atoms with van der Waals surface area (Å²) in [6.45, 7) is 4.07. The van der Waals surface area contributed by atoms with Crippen molar-refractivity contribution in [2.75, 3.05) is 42.7 Å². The second kappa shape index (κ2) is 13.5. The van der Waals surface area contributed by atoms with Gasteiger partial charge in [0.05, 0.1) is 30.4 Å². The number of urea groups is 2. The number of para-hydroxylation sites is 1. The van der Waals surface area contributed by atoms with Crippen molar-refractivity contribution >= 4 is 45.8 Å². The van der Waals surface area contributed by atoms with E-state index in [-0.39, 0.29) is 36.6 Å². The van der Waals surface area contributed by atoms with E-state index < -0.39 is 18.2 Å². The minimum Gasteiger partial charge on any atom is -0.487 e. The third-order valence-corrected chi connectivity index (χ3v) is 7.79. The number of aliphatic hydroxyl groups is 1. The average Bonchev–Trinajstić information content (AvgIpc) is 3.03. The van der Waals surface area contributed by atoms with E-state index in [1.54, 1.807) is 42.0 Å². The maximum Gasteiger partial charge on any atom is 0.323 e. The predicted molar refractivity (Wildman–Crippen MR) is 172 cm³/mol. The van der Waals surface area contributed by atoms with Crippen LogP contribution in [0.25, 0.3) is 10.8 Å². The summed E-state index contributed by atoms with van der Waals surface area (Å²) in [5, 5.41) is 20.5. The first kappa shape index (κ1) is 30.4. The number of anilines is 3. The van der Waals surface area contributed by atoms with E-state index in [2.05, 4.69) is 16.0 Å². The van der Waals surface area contributed by atoms with Crippen LogP contribution in [-0.4, -0.2) is 71.8 Å². The van der Waals surface area contributed by atoms with Gasteiger partial charge in [0, 0.05) is 36.3 Å². The van der Waals surface area contributed by atoms with Crippen LogP contribution in [0.3, 0.4) is 0 Å². The van der Waals surface area contributed by atoms with Crippen LogP contribution in [0, 0.1) is 5.92 Å². The number of benzene rings is 4. The maximum absolute atomic E-state index is 13.8. The number of hydrogen-bond donors (Lipinski definition) is 4. The molecule has 0 radical (unpaired) electrons. The zero-order valence-electron chi connectivity index (χ0n) is 25.0. The largest absolute Gasteiger partial charge is 0.487 e. The number of nitrogens with zero attached hydrogens (tertiary/aromatic N) is 2. The SMILES string of the molecule is C[C@H]1CN([C@@H](C)CO)C(=O)c2cc(NC(=O)Nc3cccc4ccccc34)ccc2O[C@H]1CN(C)C(=O)Nc1ccccc1. The maximum atomic E-state index is 13.8. The lowest BCUT2D eigenvalue weighted by Gasteiger charge is -2.38. The van der Waals surface area contributed by atoms with Crippen molar-refractivity contribution in [3.05, 3.63) is 96.6 Å². The Morgan fingerprint density at radius 3 is 2.45 bits per heavy atom. The van der Waals surface area contributed by atoms with Gasteiger partial charge in [0.15, 0.2) is 0 Å². The number of likely N-dealkylation sites (N-methyl/N-ethyl adjacent to an activating group) is 1. The summed E-state index contributed by atoms with van der Waals surface area (Å²) in [5.74, 6) is -0.156. The van der Waals surface area contributed by atoms with Crippen molar-refractivity contribution in [3.8, 4) is 5.75 Å². The molecule has 10 nitrogen and oxygen atoms in total. The Labute approximate surface area is 256 Å². The van der Waals surface area contributed by atoms with Gasteiger partial charge in [-0.2, -0.15) is 0 Å². The summed E-state index contributed by atoms with van der Waals surface area (Å²) < 4.78 is 6.40. The molecule has 4 N–H and O–H groups in total. The third-order valence-electron chi connectivity index (χ3n) is 7.79. The van der Waals surface area contributed by atoms with E-state index in [4.69, 9.17) is 4.74 Å². The minimum absolute atomic E-state index is 0.169. The second-order valence-corrected chi connectivity index (χ2v) is 11.1. The van der Waals surface area contributed by atoms with Crippen molar-refractivity contribution in [2.45, 2.75) is 26.0 Å². The van der Waals surface area contributed by atoms with Crippen LogP contribution in [-0.2, 0) is 0 Å².